The third-order valence-electron chi connectivity index (χ3n) is 12.6. The van der Waals surface area contributed by atoms with Crippen molar-refractivity contribution >= 4 is 50.3 Å². The molecule has 0 spiro atoms. The summed E-state index contributed by atoms with van der Waals surface area (Å²) in [5.41, 5.74) is -3.52. The lowest BCUT2D eigenvalue weighted by Crippen LogP contribution is -2.48. The van der Waals surface area contributed by atoms with Crippen LogP contribution in [0.25, 0.3) is 16.7 Å². The molecule has 2 amide bonds. The van der Waals surface area contributed by atoms with E-state index in [1.165, 1.54) is 11.2 Å². The molecule has 2 aromatic heterocycles. The molecule has 0 bridgehead atoms. The van der Waals surface area contributed by atoms with Crippen LogP contribution in [-0.2, 0) is 33.9 Å². The molecule has 4 heterocycles. The first-order valence-electron chi connectivity index (χ1n) is 19.7. The number of hydrogen-bond donors (Lipinski definition) is 1. The Labute approximate surface area is 334 Å². The van der Waals surface area contributed by atoms with Crippen LogP contribution in [-0.4, -0.2) is 91.7 Å². The molecule has 1 saturated heterocycles. The summed E-state index contributed by atoms with van der Waals surface area (Å²) in [5, 5.41) is 8.61. The number of benzene rings is 1. The number of nitrogens with zero attached hydrogens (tertiary/aromatic N) is 5. The molecule has 0 radical (unpaired) electrons. The average Bonchev–Trinajstić information content (AvgIpc) is 3.92. The maximum absolute atomic E-state index is 14.9. The van der Waals surface area contributed by atoms with E-state index in [1.54, 1.807) is 30.4 Å². The van der Waals surface area contributed by atoms with E-state index >= 15 is 0 Å². The summed E-state index contributed by atoms with van der Waals surface area (Å²) in [5.74, 6) is -4.83. The van der Waals surface area contributed by atoms with Gasteiger partial charge in [0.25, 0.3) is 5.78 Å². The number of carbonyl (C=O) groups is 4. The first kappa shape index (κ1) is 41.5. The minimum absolute atomic E-state index is 0.0120. The molecule has 14 nitrogen and oxygen atoms in total. The molecule has 3 aromatic rings. The van der Waals surface area contributed by atoms with Crippen LogP contribution in [0.4, 0.5) is 13.2 Å². The summed E-state index contributed by atoms with van der Waals surface area (Å²) in [6.07, 6.45) is 1.18. The third kappa shape index (κ3) is 7.92. The van der Waals surface area contributed by atoms with Crippen molar-refractivity contribution in [3.8, 4) is 5.88 Å². The Balaban J connectivity index is 1.24. The number of para-hydroxylation sites is 1. The Morgan fingerprint density at radius 1 is 1.09 bits per heavy atom. The van der Waals surface area contributed by atoms with E-state index in [0.717, 1.165) is 13.8 Å². The van der Waals surface area contributed by atoms with Crippen LogP contribution < -0.4 is 9.46 Å². The predicted molar refractivity (Wildman–Crippen MR) is 203 cm³/mol. The zero-order valence-electron chi connectivity index (χ0n) is 33.1. The summed E-state index contributed by atoms with van der Waals surface area (Å²) in [4.78, 5) is 62.6. The Morgan fingerprint density at radius 2 is 1.81 bits per heavy atom. The second-order valence-electron chi connectivity index (χ2n) is 17.5. The molecule has 2 aliphatic heterocycles. The van der Waals surface area contributed by atoms with Gasteiger partial charge in [-0.3, -0.25) is 28.3 Å². The zero-order chi connectivity index (χ0) is 42.0. The van der Waals surface area contributed by atoms with Gasteiger partial charge in [0.1, 0.15) is 12.4 Å². The highest BCUT2D eigenvalue weighted by molar-refractivity contribution is 7.91. The minimum atomic E-state index is -4.87. The van der Waals surface area contributed by atoms with E-state index in [1.807, 2.05) is 31.2 Å². The van der Waals surface area contributed by atoms with Crippen LogP contribution in [0.2, 0.25) is 0 Å². The minimum Gasteiger partial charge on any atom is -0.472 e. The molecular formula is C40H49F3N6O8S. The van der Waals surface area contributed by atoms with E-state index in [4.69, 9.17) is 9.47 Å². The van der Waals surface area contributed by atoms with Crippen molar-refractivity contribution in [2.24, 2.45) is 29.1 Å². The first-order chi connectivity index (χ1) is 27.1. The molecule has 1 aromatic carbocycles. The highest BCUT2D eigenvalue weighted by Crippen LogP contribution is 2.58. The quantitative estimate of drug-likeness (QED) is 0.224. The highest BCUT2D eigenvalue weighted by atomic mass is 32.2. The number of halogens is 3. The Hall–Kier alpha value is -4.61. The van der Waals surface area contributed by atoms with E-state index in [2.05, 4.69) is 19.9 Å². The summed E-state index contributed by atoms with van der Waals surface area (Å²) < 4.78 is 82.1. The van der Waals surface area contributed by atoms with Gasteiger partial charge in [0.2, 0.25) is 33.3 Å². The van der Waals surface area contributed by atoms with Gasteiger partial charge in [-0.25, -0.2) is 8.42 Å². The van der Waals surface area contributed by atoms with Crippen molar-refractivity contribution in [3.05, 3.63) is 42.7 Å². The number of ether oxygens (including phenoxy) is 2. The van der Waals surface area contributed by atoms with Crippen molar-refractivity contribution in [2.75, 3.05) is 6.54 Å². The van der Waals surface area contributed by atoms with E-state index < -0.39 is 91.8 Å². The molecule has 314 valence electrons. The van der Waals surface area contributed by atoms with Gasteiger partial charge in [0, 0.05) is 12.8 Å². The molecule has 58 heavy (non-hydrogen) atoms. The number of allylic oxidation sites excluding steroid dienone is 2. The molecule has 4 aliphatic rings. The number of sulfonamides is 1. The van der Waals surface area contributed by atoms with Crippen molar-refractivity contribution in [1.82, 2.24) is 29.2 Å². The number of rotatable bonds is 8. The largest absolute Gasteiger partial charge is 0.472 e. The molecule has 1 N–H and O–H groups in total. The van der Waals surface area contributed by atoms with Gasteiger partial charge < -0.3 is 14.4 Å². The van der Waals surface area contributed by atoms with Crippen molar-refractivity contribution < 1.29 is 50.2 Å². The summed E-state index contributed by atoms with van der Waals surface area (Å²) >= 11 is 0. The van der Waals surface area contributed by atoms with Crippen LogP contribution in [0, 0.1) is 29.1 Å². The standard InChI is InChI=1S/C40H49F3N6O8S/c1-23-10-6-7-11-25-19-39(25,35(53)47-58(54,55)38(5)14-15-38)20-31(50)30-17-26(56-33-27-12-8-9-13-29(27)49-22-44-46-36(49)45-33)21-48(30)34(52)28(24(2)16-23)18-32(51)57-37(3,4)40(41,42)43/h7-9,11-13,22-26,28,30H,6,10,14-21H2,1-5H3,(H,47,53)/b11-7-/t23-,24+,25+,26+,28-,30-,39+/m0/s1. The lowest BCUT2D eigenvalue weighted by Gasteiger charge is -2.33. The highest BCUT2D eigenvalue weighted by Gasteiger charge is 2.63. The molecule has 2 aliphatic carbocycles. The number of Topliss-reactive ketones (excluding diaryl/α,β-unsaturated/α-hetero) is 1. The monoisotopic (exact) mass is 830 g/mol. The van der Waals surface area contributed by atoms with Crippen LogP contribution in [0.1, 0.15) is 92.4 Å². The van der Waals surface area contributed by atoms with Gasteiger partial charge in [0.05, 0.1) is 46.0 Å². The van der Waals surface area contributed by atoms with Crippen LogP contribution in [0.3, 0.4) is 0 Å². The van der Waals surface area contributed by atoms with E-state index in [-0.39, 0.29) is 43.4 Å². The van der Waals surface area contributed by atoms with Gasteiger partial charge in [-0.05, 0) is 89.2 Å². The lowest BCUT2D eigenvalue weighted by molar-refractivity contribution is -0.257. The maximum atomic E-state index is 14.9. The average molecular weight is 831 g/mol. The van der Waals surface area contributed by atoms with Gasteiger partial charge in [-0.1, -0.05) is 38.1 Å². The summed E-state index contributed by atoms with van der Waals surface area (Å²) in [6, 6.07) is 6.04. The van der Waals surface area contributed by atoms with Gasteiger partial charge in [0.15, 0.2) is 5.78 Å². The van der Waals surface area contributed by atoms with E-state index in [9.17, 15) is 40.8 Å². The second-order valence-corrected chi connectivity index (χ2v) is 19.7. The van der Waals surface area contributed by atoms with E-state index in [0.29, 0.717) is 43.0 Å². The SMILES string of the molecule is C[C@H]1CC/C=C\[C@@H]2C[C@@]2(C(=O)NS(=O)(=O)C2(C)CC2)CC(=O)[C@@H]2C[C@@H](Oc3nc4nncn4c4ccccc34)CN2C(=O)[C@@H](CC(=O)OC(C)(C)C(F)(F)F)[C@H](C)C1. The van der Waals surface area contributed by atoms with Crippen molar-refractivity contribution in [3.63, 3.8) is 0 Å². The number of amides is 2. The summed E-state index contributed by atoms with van der Waals surface area (Å²) in [7, 11) is -4.04. The molecular weight excluding hydrogens is 782 g/mol. The third-order valence-corrected chi connectivity index (χ3v) is 14.8. The Morgan fingerprint density at radius 3 is 2.52 bits per heavy atom. The topological polar surface area (TPSA) is 179 Å². The number of nitrogens with one attached hydrogen (secondary N) is 1. The van der Waals surface area contributed by atoms with Crippen LogP contribution >= 0.6 is 0 Å². The summed E-state index contributed by atoms with van der Waals surface area (Å²) in [6.45, 7) is 6.62. The van der Waals surface area contributed by atoms with Gasteiger partial charge >= 0.3 is 12.1 Å². The lowest BCUT2D eigenvalue weighted by atomic mass is 9.82. The first-order valence-corrected chi connectivity index (χ1v) is 21.2. The Bertz CT molecular complexity index is 2270. The fraction of sp³-hybridized carbons (Fsp3) is 0.625. The number of fused-ring (bicyclic) bond motifs is 5. The second kappa shape index (κ2) is 14.9. The normalized spacial score (nSPS) is 29.8. The molecule has 2 saturated carbocycles. The van der Waals surface area contributed by atoms with Crippen LogP contribution in [0.15, 0.2) is 42.7 Å². The number of esters is 1. The molecule has 0 unspecified atom stereocenters. The van der Waals surface area contributed by atoms with Gasteiger partial charge in [-0.2, -0.15) is 18.2 Å². The molecule has 7 atom stereocenters. The molecule has 18 heteroatoms. The predicted octanol–water partition coefficient (Wildman–Crippen LogP) is 5.49. The number of ketones is 1. The maximum Gasteiger partial charge on any atom is 0.427 e. The number of hydrogen-bond acceptors (Lipinski definition) is 11. The van der Waals surface area contributed by atoms with Crippen molar-refractivity contribution in [2.45, 2.75) is 121 Å². The fourth-order valence-corrected chi connectivity index (χ4v) is 9.72. The Kier molecular flexibility index (Phi) is 10.7. The van der Waals surface area contributed by atoms with Crippen molar-refractivity contribution in [1.29, 1.82) is 0 Å². The smallest absolute Gasteiger partial charge is 0.427 e. The molecule has 7 rings (SSSR count). The number of alkyl halides is 3. The van der Waals surface area contributed by atoms with Gasteiger partial charge in [-0.15, -0.1) is 10.2 Å². The number of carbonyl (C=O) groups excluding carboxylic acids is 4. The fourth-order valence-electron chi connectivity index (χ4n) is 8.39. The molecule has 3 fully saturated rings. The number of aromatic nitrogens is 4. The van der Waals surface area contributed by atoms with Crippen LogP contribution in [0.5, 0.6) is 5.88 Å². The zero-order valence-corrected chi connectivity index (χ0v) is 33.9.